The largest absolute Gasteiger partial charge is 0.316 e. The van der Waals surface area contributed by atoms with Crippen LogP contribution >= 0.6 is 22.6 Å². The lowest BCUT2D eigenvalue weighted by molar-refractivity contribution is 0.823. The molecule has 12 heavy (non-hydrogen) atoms. The zero-order valence-electron chi connectivity index (χ0n) is 6.50. The first-order valence-corrected chi connectivity index (χ1v) is 4.70. The maximum Gasteiger partial charge on any atom is 0.0968 e. The van der Waals surface area contributed by atoms with Gasteiger partial charge in [-0.15, -0.1) is 0 Å². The number of nitrogens with zero attached hydrogens (tertiary/aromatic N) is 1. The van der Waals surface area contributed by atoms with E-state index >= 15 is 0 Å². The Morgan fingerprint density at radius 1 is 1.42 bits per heavy atom. The lowest BCUT2D eigenvalue weighted by Gasteiger charge is -2.01. The quantitative estimate of drug-likeness (QED) is 0.833. The van der Waals surface area contributed by atoms with Gasteiger partial charge in [-0.25, -0.2) is 0 Å². The lowest BCUT2D eigenvalue weighted by atomic mass is 10.1. The molecule has 3 heteroatoms. The second kappa shape index (κ2) is 4.43. The number of nitrogens with two attached hydrogens (primary N) is 1. The fourth-order valence-corrected chi connectivity index (χ4v) is 1.28. The molecular formula is C9H9IN2. The van der Waals surface area contributed by atoms with Crippen LogP contribution in [0.1, 0.15) is 5.56 Å². The van der Waals surface area contributed by atoms with Gasteiger partial charge in [0.2, 0.25) is 0 Å². The summed E-state index contributed by atoms with van der Waals surface area (Å²) in [6.45, 7) is 0. The van der Waals surface area contributed by atoms with E-state index in [1.54, 1.807) is 0 Å². The maximum absolute atomic E-state index is 8.47. The van der Waals surface area contributed by atoms with Gasteiger partial charge in [-0.1, -0.05) is 12.1 Å². The topological polar surface area (TPSA) is 49.8 Å². The third-order valence-electron chi connectivity index (χ3n) is 1.53. The summed E-state index contributed by atoms with van der Waals surface area (Å²) in [5, 5.41) is 8.47. The first kappa shape index (κ1) is 9.49. The number of benzene rings is 1. The third kappa shape index (κ3) is 2.80. The van der Waals surface area contributed by atoms with E-state index < -0.39 is 0 Å². The fourth-order valence-electron chi connectivity index (χ4n) is 0.920. The van der Waals surface area contributed by atoms with Crippen LogP contribution in [0.3, 0.4) is 0 Å². The predicted octanol–water partition coefficient (Wildman–Crippen LogP) is 1.68. The van der Waals surface area contributed by atoms with Crippen LogP contribution in [-0.2, 0) is 6.42 Å². The van der Waals surface area contributed by atoms with Crippen molar-refractivity contribution < 1.29 is 0 Å². The standard InChI is InChI=1S/C9H9IN2/c10-8-3-1-7(2-4-8)5-9(12)6-11/h1-4,9H,5,12H2/t9-/m0/s1. The Morgan fingerprint density at radius 2 is 2.00 bits per heavy atom. The molecule has 0 heterocycles. The molecule has 2 N–H and O–H groups in total. The van der Waals surface area contributed by atoms with Crippen LogP contribution in [0.15, 0.2) is 24.3 Å². The van der Waals surface area contributed by atoms with Crippen LogP contribution in [0.4, 0.5) is 0 Å². The van der Waals surface area contributed by atoms with Gasteiger partial charge >= 0.3 is 0 Å². The lowest BCUT2D eigenvalue weighted by Crippen LogP contribution is -2.19. The molecule has 0 aliphatic carbocycles. The van der Waals surface area contributed by atoms with Gasteiger partial charge < -0.3 is 5.73 Å². The first-order valence-electron chi connectivity index (χ1n) is 3.62. The predicted molar refractivity (Wildman–Crippen MR) is 56.5 cm³/mol. The van der Waals surface area contributed by atoms with Gasteiger partial charge in [0.15, 0.2) is 0 Å². The van der Waals surface area contributed by atoms with Crippen molar-refractivity contribution in [1.82, 2.24) is 0 Å². The Labute approximate surface area is 85.5 Å². The highest BCUT2D eigenvalue weighted by molar-refractivity contribution is 14.1. The molecule has 1 atom stereocenters. The summed E-state index contributed by atoms with van der Waals surface area (Å²) >= 11 is 2.24. The molecule has 0 radical (unpaired) electrons. The van der Waals surface area contributed by atoms with Gasteiger partial charge in [-0.2, -0.15) is 5.26 Å². The molecule has 0 aliphatic rings. The molecule has 1 rings (SSSR count). The molecule has 2 nitrogen and oxygen atoms in total. The van der Waals surface area contributed by atoms with Crippen LogP contribution in [0, 0.1) is 14.9 Å². The smallest absolute Gasteiger partial charge is 0.0968 e. The van der Waals surface area contributed by atoms with Gasteiger partial charge in [0.1, 0.15) is 0 Å². The Hall–Kier alpha value is -0.600. The summed E-state index contributed by atoms with van der Waals surface area (Å²) in [4.78, 5) is 0. The minimum absolute atomic E-state index is 0.384. The Morgan fingerprint density at radius 3 is 2.50 bits per heavy atom. The minimum atomic E-state index is -0.384. The molecule has 0 saturated heterocycles. The van der Waals surface area contributed by atoms with Gasteiger partial charge in [-0.05, 0) is 40.3 Å². The van der Waals surface area contributed by atoms with Gasteiger partial charge in [0, 0.05) is 9.99 Å². The highest BCUT2D eigenvalue weighted by Gasteiger charge is 2.00. The summed E-state index contributed by atoms with van der Waals surface area (Å²) in [5.74, 6) is 0. The monoisotopic (exact) mass is 272 g/mol. The number of halogens is 1. The highest BCUT2D eigenvalue weighted by atomic mass is 127. The summed E-state index contributed by atoms with van der Waals surface area (Å²) in [6.07, 6.45) is 0.632. The molecule has 0 amide bonds. The Balaban J connectivity index is 2.66. The van der Waals surface area contributed by atoms with E-state index in [1.807, 2.05) is 30.3 Å². The van der Waals surface area contributed by atoms with Crippen molar-refractivity contribution in [2.45, 2.75) is 12.5 Å². The number of nitriles is 1. The van der Waals surface area contributed by atoms with E-state index in [2.05, 4.69) is 22.6 Å². The van der Waals surface area contributed by atoms with Crippen LogP contribution in [0.25, 0.3) is 0 Å². The van der Waals surface area contributed by atoms with Crippen molar-refractivity contribution in [2.75, 3.05) is 0 Å². The maximum atomic E-state index is 8.47. The highest BCUT2D eigenvalue weighted by Crippen LogP contribution is 2.07. The van der Waals surface area contributed by atoms with E-state index in [4.69, 9.17) is 11.0 Å². The SMILES string of the molecule is N#C[C@@H](N)Cc1ccc(I)cc1. The molecule has 0 aromatic heterocycles. The van der Waals surface area contributed by atoms with Crippen LogP contribution in [0.2, 0.25) is 0 Å². The third-order valence-corrected chi connectivity index (χ3v) is 2.25. The van der Waals surface area contributed by atoms with Gasteiger partial charge in [-0.3, -0.25) is 0 Å². The van der Waals surface area contributed by atoms with Crippen LogP contribution in [-0.4, -0.2) is 6.04 Å². The Kier molecular flexibility index (Phi) is 3.50. The summed E-state index contributed by atoms with van der Waals surface area (Å²) < 4.78 is 1.20. The van der Waals surface area contributed by atoms with E-state index in [9.17, 15) is 0 Å². The van der Waals surface area contributed by atoms with E-state index in [-0.39, 0.29) is 6.04 Å². The van der Waals surface area contributed by atoms with Crippen molar-refractivity contribution in [3.63, 3.8) is 0 Å². The molecule has 0 aliphatic heterocycles. The number of rotatable bonds is 2. The van der Waals surface area contributed by atoms with Crippen LogP contribution in [0.5, 0.6) is 0 Å². The molecule has 0 saturated carbocycles. The number of hydrogen-bond donors (Lipinski definition) is 1. The van der Waals surface area contributed by atoms with Crippen molar-refractivity contribution in [3.8, 4) is 6.07 Å². The average Bonchev–Trinajstić information content (AvgIpc) is 2.09. The molecule has 0 bridgehead atoms. The molecule has 0 spiro atoms. The molecule has 0 fully saturated rings. The second-order valence-electron chi connectivity index (χ2n) is 2.57. The van der Waals surface area contributed by atoms with Crippen molar-refractivity contribution in [1.29, 1.82) is 5.26 Å². The van der Waals surface area contributed by atoms with E-state index in [0.717, 1.165) is 5.56 Å². The zero-order valence-corrected chi connectivity index (χ0v) is 8.65. The summed E-state index contributed by atoms with van der Waals surface area (Å²) in [5.41, 5.74) is 6.60. The summed E-state index contributed by atoms with van der Waals surface area (Å²) in [6, 6.07) is 9.65. The number of hydrogen-bond acceptors (Lipinski definition) is 2. The summed E-state index contributed by atoms with van der Waals surface area (Å²) in [7, 11) is 0. The molecular weight excluding hydrogens is 263 g/mol. The van der Waals surface area contributed by atoms with Crippen molar-refractivity contribution in [3.05, 3.63) is 33.4 Å². The molecule has 62 valence electrons. The average molecular weight is 272 g/mol. The second-order valence-corrected chi connectivity index (χ2v) is 3.81. The van der Waals surface area contributed by atoms with Crippen LogP contribution < -0.4 is 5.73 Å². The minimum Gasteiger partial charge on any atom is -0.316 e. The molecule has 1 aromatic rings. The van der Waals surface area contributed by atoms with Crippen molar-refractivity contribution >= 4 is 22.6 Å². The van der Waals surface area contributed by atoms with Gasteiger partial charge in [0.25, 0.3) is 0 Å². The fraction of sp³-hybridized carbons (Fsp3) is 0.222. The van der Waals surface area contributed by atoms with Crippen molar-refractivity contribution in [2.24, 2.45) is 5.73 Å². The molecule has 0 unspecified atom stereocenters. The van der Waals surface area contributed by atoms with Gasteiger partial charge in [0.05, 0.1) is 12.1 Å². The Bertz CT molecular complexity index is 286. The molecule has 1 aromatic carbocycles. The zero-order chi connectivity index (χ0) is 8.97. The normalized spacial score (nSPS) is 12.1. The van der Waals surface area contributed by atoms with E-state index in [0.29, 0.717) is 6.42 Å². The van der Waals surface area contributed by atoms with E-state index in [1.165, 1.54) is 3.57 Å². The first-order chi connectivity index (χ1) is 5.72.